The quantitative estimate of drug-likeness (QED) is 0.689. The van der Waals surface area contributed by atoms with E-state index in [2.05, 4.69) is 10.2 Å². The molecule has 0 radical (unpaired) electrons. The van der Waals surface area contributed by atoms with Crippen LogP contribution in [0, 0.1) is 0 Å². The summed E-state index contributed by atoms with van der Waals surface area (Å²) < 4.78 is 4.81. The van der Waals surface area contributed by atoms with E-state index in [1.165, 1.54) is 33.0 Å². The van der Waals surface area contributed by atoms with Crippen molar-refractivity contribution in [2.75, 3.05) is 33.8 Å². The number of ether oxygens (including phenoxy) is 1. The molecule has 16 heavy (non-hydrogen) atoms. The SMILES string of the molecule is CNC(C)(CCCN1CCCC1)C(=O)OC. The van der Waals surface area contributed by atoms with E-state index in [1.54, 1.807) is 0 Å². The number of rotatable bonds is 6. The van der Waals surface area contributed by atoms with Crippen LogP contribution in [0.25, 0.3) is 0 Å². The van der Waals surface area contributed by atoms with Crippen LogP contribution < -0.4 is 5.32 Å². The zero-order valence-electron chi connectivity index (χ0n) is 10.7. The van der Waals surface area contributed by atoms with Crippen molar-refractivity contribution in [2.45, 2.75) is 38.1 Å². The Morgan fingerprint density at radius 2 is 2.06 bits per heavy atom. The molecule has 1 saturated heterocycles. The number of nitrogens with one attached hydrogen (secondary N) is 1. The van der Waals surface area contributed by atoms with Gasteiger partial charge in [0.1, 0.15) is 5.54 Å². The Morgan fingerprint density at radius 1 is 1.44 bits per heavy atom. The summed E-state index contributed by atoms with van der Waals surface area (Å²) in [7, 11) is 3.26. The predicted molar refractivity (Wildman–Crippen MR) is 64.4 cm³/mol. The largest absolute Gasteiger partial charge is 0.468 e. The summed E-state index contributed by atoms with van der Waals surface area (Å²) in [6.07, 6.45) is 4.50. The first-order valence-electron chi connectivity index (χ1n) is 6.12. The summed E-state index contributed by atoms with van der Waals surface area (Å²) in [4.78, 5) is 14.1. The van der Waals surface area contributed by atoms with Crippen LogP contribution in [0.2, 0.25) is 0 Å². The first-order valence-corrected chi connectivity index (χ1v) is 6.12. The van der Waals surface area contributed by atoms with Crippen LogP contribution in [0.5, 0.6) is 0 Å². The van der Waals surface area contributed by atoms with Crippen molar-refractivity contribution < 1.29 is 9.53 Å². The molecule has 1 rings (SSSR count). The minimum Gasteiger partial charge on any atom is -0.468 e. The smallest absolute Gasteiger partial charge is 0.325 e. The lowest BCUT2D eigenvalue weighted by molar-refractivity contribution is -0.148. The molecule has 0 bridgehead atoms. The Hall–Kier alpha value is -0.610. The third-order valence-corrected chi connectivity index (χ3v) is 3.54. The van der Waals surface area contributed by atoms with Crippen molar-refractivity contribution in [1.29, 1.82) is 0 Å². The van der Waals surface area contributed by atoms with E-state index in [4.69, 9.17) is 4.74 Å². The van der Waals surface area contributed by atoms with Gasteiger partial charge in [0.05, 0.1) is 7.11 Å². The highest BCUT2D eigenvalue weighted by Crippen LogP contribution is 2.16. The van der Waals surface area contributed by atoms with Gasteiger partial charge in [0, 0.05) is 0 Å². The van der Waals surface area contributed by atoms with Gasteiger partial charge in [-0.25, -0.2) is 0 Å². The Morgan fingerprint density at radius 3 is 2.56 bits per heavy atom. The van der Waals surface area contributed by atoms with E-state index in [1.807, 2.05) is 14.0 Å². The second-order valence-electron chi connectivity index (χ2n) is 4.73. The number of esters is 1. The lowest BCUT2D eigenvalue weighted by atomic mass is 9.96. The van der Waals surface area contributed by atoms with Crippen molar-refractivity contribution in [1.82, 2.24) is 10.2 Å². The van der Waals surface area contributed by atoms with E-state index >= 15 is 0 Å². The van der Waals surface area contributed by atoms with Crippen molar-refractivity contribution >= 4 is 5.97 Å². The summed E-state index contributed by atoms with van der Waals surface area (Å²) in [5.74, 6) is -0.170. The molecular weight excluding hydrogens is 204 g/mol. The molecular formula is C12H24N2O2. The van der Waals surface area contributed by atoms with Gasteiger partial charge in [-0.15, -0.1) is 0 Å². The van der Waals surface area contributed by atoms with Crippen LogP contribution in [0.4, 0.5) is 0 Å². The Kier molecular flexibility index (Phi) is 5.22. The molecule has 4 heteroatoms. The molecule has 1 atom stereocenters. The van der Waals surface area contributed by atoms with Gasteiger partial charge in [-0.05, 0) is 59.3 Å². The second-order valence-corrected chi connectivity index (χ2v) is 4.73. The van der Waals surface area contributed by atoms with Crippen molar-refractivity contribution in [3.63, 3.8) is 0 Å². The number of likely N-dealkylation sites (tertiary alicyclic amines) is 1. The molecule has 0 saturated carbocycles. The zero-order chi connectivity index (χ0) is 12.0. The fourth-order valence-electron chi connectivity index (χ4n) is 2.22. The highest BCUT2D eigenvalue weighted by atomic mass is 16.5. The Bertz CT molecular complexity index is 227. The molecule has 1 fully saturated rings. The molecule has 1 N–H and O–H groups in total. The highest BCUT2D eigenvalue weighted by molar-refractivity contribution is 5.80. The fraction of sp³-hybridized carbons (Fsp3) is 0.917. The summed E-state index contributed by atoms with van der Waals surface area (Å²) in [5.41, 5.74) is -0.533. The fourth-order valence-corrected chi connectivity index (χ4v) is 2.22. The third kappa shape index (κ3) is 3.46. The number of hydrogen-bond acceptors (Lipinski definition) is 4. The Labute approximate surface area is 98.3 Å². The first-order chi connectivity index (χ1) is 7.62. The molecule has 0 spiro atoms. The highest BCUT2D eigenvalue weighted by Gasteiger charge is 2.31. The van der Waals surface area contributed by atoms with Gasteiger partial charge < -0.3 is 15.0 Å². The molecule has 1 aliphatic heterocycles. The van der Waals surface area contributed by atoms with Gasteiger partial charge in [-0.2, -0.15) is 0 Å². The molecule has 0 aliphatic carbocycles. The standard InChI is InChI=1S/C12H24N2O2/c1-12(13-2,11(15)16-3)7-6-10-14-8-4-5-9-14/h13H,4-10H2,1-3H3. The maximum absolute atomic E-state index is 11.6. The maximum Gasteiger partial charge on any atom is 0.325 e. The minimum absolute atomic E-state index is 0.170. The topological polar surface area (TPSA) is 41.6 Å². The molecule has 0 aromatic heterocycles. The second kappa shape index (κ2) is 6.21. The van der Waals surface area contributed by atoms with Crippen LogP contribution in [-0.4, -0.2) is 50.2 Å². The number of carbonyl (C=O) groups excluding carboxylic acids is 1. The van der Waals surface area contributed by atoms with Crippen molar-refractivity contribution in [2.24, 2.45) is 0 Å². The van der Waals surface area contributed by atoms with E-state index in [0.717, 1.165) is 19.4 Å². The van der Waals surface area contributed by atoms with Crippen LogP contribution in [0.15, 0.2) is 0 Å². The van der Waals surface area contributed by atoms with Crippen LogP contribution >= 0.6 is 0 Å². The number of likely N-dealkylation sites (N-methyl/N-ethyl adjacent to an activating group) is 1. The molecule has 0 aromatic rings. The molecule has 1 unspecified atom stereocenters. The normalized spacial score (nSPS) is 20.7. The third-order valence-electron chi connectivity index (χ3n) is 3.54. The van der Waals surface area contributed by atoms with Crippen LogP contribution in [-0.2, 0) is 9.53 Å². The van der Waals surface area contributed by atoms with Gasteiger partial charge in [0.15, 0.2) is 0 Å². The summed E-state index contributed by atoms with van der Waals surface area (Å²) in [5, 5.41) is 3.06. The summed E-state index contributed by atoms with van der Waals surface area (Å²) >= 11 is 0. The number of methoxy groups -OCH3 is 1. The number of hydrogen-bond donors (Lipinski definition) is 1. The molecule has 1 aliphatic rings. The van der Waals surface area contributed by atoms with Gasteiger partial charge in [-0.3, -0.25) is 4.79 Å². The van der Waals surface area contributed by atoms with Gasteiger partial charge in [0.2, 0.25) is 0 Å². The minimum atomic E-state index is -0.533. The van der Waals surface area contributed by atoms with Gasteiger partial charge in [0.25, 0.3) is 0 Å². The lowest BCUT2D eigenvalue weighted by Gasteiger charge is -2.27. The lowest BCUT2D eigenvalue weighted by Crippen LogP contribution is -2.48. The Balaban J connectivity index is 2.29. The molecule has 0 aromatic carbocycles. The van der Waals surface area contributed by atoms with Gasteiger partial charge >= 0.3 is 5.97 Å². The molecule has 1 heterocycles. The summed E-state index contributed by atoms with van der Waals surface area (Å²) in [6, 6.07) is 0. The first kappa shape index (κ1) is 13.5. The summed E-state index contributed by atoms with van der Waals surface area (Å²) in [6.45, 7) is 5.43. The van der Waals surface area contributed by atoms with E-state index in [9.17, 15) is 4.79 Å². The number of carbonyl (C=O) groups is 1. The zero-order valence-corrected chi connectivity index (χ0v) is 10.7. The average Bonchev–Trinajstić information content (AvgIpc) is 2.80. The molecule has 94 valence electrons. The van der Waals surface area contributed by atoms with E-state index < -0.39 is 5.54 Å². The van der Waals surface area contributed by atoms with E-state index in [-0.39, 0.29) is 5.97 Å². The van der Waals surface area contributed by atoms with Crippen LogP contribution in [0.1, 0.15) is 32.6 Å². The maximum atomic E-state index is 11.6. The van der Waals surface area contributed by atoms with Crippen LogP contribution in [0.3, 0.4) is 0 Å². The van der Waals surface area contributed by atoms with Crippen molar-refractivity contribution in [3.05, 3.63) is 0 Å². The monoisotopic (exact) mass is 228 g/mol. The van der Waals surface area contributed by atoms with Crippen molar-refractivity contribution in [3.8, 4) is 0 Å². The molecule has 4 nitrogen and oxygen atoms in total. The van der Waals surface area contributed by atoms with E-state index in [0.29, 0.717) is 0 Å². The van der Waals surface area contributed by atoms with Gasteiger partial charge in [-0.1, -0.05) is 0 Å². The number of nitrogens with zero attached hydrogens (tertiary/aromatic N) is 1. The predicted octanol–water partition coefficient (Wildman–Crippen LogP) is 1.01. The average molecular weight is 228 g/mol. The molecule has 0 amide bonds.